The Bertz CT molecular complexity index is 972. The third-order valence-corrected chi connectivity index (χ3v) is 7.40. The predicted molar refractivity (Wildman–Crippen MR) is 104 cm³/mol. The van der Waals surface area contributed by atoms with Gasteiger partial charge in [-0.15, -0.1) is 0 Å². The summed E-state index contributed by atoms with van der Waals surface area (Å²) >= 11 is 0. The van der Waals surface area contributed by atoms with Crippen LogP contribution in [0.1, 0.15) is 43.2 Å². The van der Waals surface area contributed by atoms with Gasteiger partial charge in [-0.05, 0) is 49.3 Å². The van der Waals surface area contributed by atoms with Gasteiger partial charge >= 0.3 is 11.9 Å². The molecule has 1 heterocycles. The molecule has 4 aliphatic rings. The van der Waals surface area contributed by atoms with E-state index < -0.39 is 41.5 Å². The minimum Gasteiger partial charge on any atom is -0.493 e. The molecule has 8 nitrogen and oxygen atoms in total. The van der Waals surface area contributed by atoms with Crippen molar-refractivity contribution < 1.29 is 34.0 Å². The number of ether oxygens (including phenoxy) is 3. The maximum absolute atomic E-state index is 12.4. The third kappa shape index (κ3) is 2.34. The molecule has 0 amide bonds. The van der Waals surface area contributed by atoms with Crippen LogP contribution in [0.2, 0.25) is 0 Å². The largest absolute Gasteiger partial charge is 0.493 e. The Kier molecular flexibility index (Phi) is 4.17. The van der Waals surface area contributed by atoms with Gasteiger partial charge in [0.25, 0.3) is 0 Å². The maximum atomic E-state index is 12.4. The average Bonchev–Trinajstić information content (AvgIpc) is 3.04. The lowest BCUT2D eigenvalue weighted by molar-refractivity contribution is -0.160. The smallest absolute Gasteiger partial charge is 0.321 e. The Balaban J connectivity index is 1.58. The second kappa shape index (κ2) is 6.46. The van der Waals surface area contributed by atoms with Crippen molar-refractivity contribution in [3.05, 3.63) is 35.1 Å². The number of benzene rings is 1. The molecule has 8 heteroatoms. The summed E-state index contributed by atoms with van der Waals surface area (Å²) < 4.78 is 17.5. The van der Waals surface area contributed by atoms with Gasteiger partial charge in [-0.25, -0.2) is 0 Å². The molecule has 30 heavy (non-hydrogen) atoms. The first-order chi connectivity index (χ1) is 14.3. The number of esters is 1. The number of carbonyl (C=O) groups is 2. The van der Waals surface area contributed by atoms with E-state index in [0.717, 1.165) is 30.4 Å². The quantitative estimate of drug-likeness (QED) is 0.616. The van der Waals surface area contributed by atoms with Crippen molar-refractivity contribution >= 4 is 11.9 Å². The molecule has 4 N–H and O–H groups in total. The number of aliphatic carboxylic acids is 1. The van der Waals surface area contributed by atoms with E-state index in [9.17, 15) is 14.7 Å². The standard InChI is InChI=1S/C22H25NO7/c1-28-14-5-4-11-9-12-3-2-7-21-17(11)18(14)30-19(21)15(6-8-22(12,21)27)29-16(24)10-13(23)20(25)26/h4-6,12-13,19,27H,2-3,7-10,23H2,1H3,(H,25,26)/t12-,13-,19+,21+,22-/m0/s1. The van der Waals surface area contributed by atoms with Crippen molar-refractivity contribution in [1.82, 2.24) is 0 Å². The van der Waals surface area contributed by atoms with E-state index in [2.05, 4.69) is 0 Å². The number of aliphatic hydroxyl groups is 1. The zero-order valence-corrected chi connectivity index (χ0v) is 16.7. The molecule has 2 bridgehead atoms. The molecule has 1 aromatic rings. The van der Waals surface area contributed by atoms with Crippen LogP contribution in [0.3, 0.4) is 0 Å². The van der Waals surface area contributed by atoms with Crippen LogP contribution >= 0.6 is 0 Å². The Morgan fingerprint density at radius 2 is 2.20 bits per heavy atom. The normalized spacial score (nSPS) is 33.6. The highest BCUT2D eigenvalue weighted by molar-refractivity contribution is 5.81. The van der Waals surface area contributed by atoms with Crippen LogP contribution in [0, 0.1) is 5.92 Å². The summed E-state index contributed by atoms with van der Waals surface area (Å²) in [5.41, 5.74) is 5.88. The van der Waals surface area contributed by atoms with Gasteiger partial charge in [-0.2, -0.15) is 0 Å². The van der Waals surface area contributed by atoms with E-state index in [0.29, 0.717) is 30.1 Å². The van der Waals surface area contributed by atoms with Crippen LogP contribution in [-0.4, -0.2) is 47.0 Å². The van der Waals surface area contributed by atoms with Crippen LogP contribution in [0.4, 0.5) is 0 Å². The fourth-order valence-electron chi connectivity index (χ4n) is 6.12. The molecule has 5 atom stereocenters. The highest BCUT2D eigenvalue weighted by Crippen LogP contribution is 2.67. The van der Waals surface area contributed by atoms with E-state index in [1.54, 1.807) is 13.2 Å². The molecule has 0 saturated heterocycles. The Morgan fingerprint density at radius 3 is 2.93 bits per heavy atom. The molecule has 0 radical (unpaired) electrons. The summed E-state index contributed by atoms with van der Waals surface area (Å²) in [7, 11) is 1.57. The molecule has 5 rings (SSSR count). The minimum atomic E-state index is -1.33. The van der Waals surface area contributed by atoms with E-state index in [-0.39, 0.29) is 5.92 Å². The molecule has 0 aromatic heterocycles. The number of carbonyl (C=O) groups excluding carboxylic acids is 1. The Hall–Kier alpha value is -2.58. The van der Waals surface area contributed by atoms with Crippen LogP contribution in [0.15, 0.2) is 24.0 Å². The summed E-state index contributed by atoms with van der Waals surface area (Å²) in [4.78, 5) is 23.4. The number of nitrogens with two attached hydrogens (primary N) is 1. The highest BCUT2D eigenvalue weighted by Gasteiger charge is 2.70. The zero-order chi connectivity index (χ0) is 21.3. The zero-order valence-electron chi connectivity index (χ0n) is 16.7. The fourth-order valence-corrected chi connectivity index (χ4v) is 6.12. The summed E-state index contributed by atoms with van der Waals surface area (Å²) in [5.74, 6) is -0.397. The molecular formula is C22H25NO7. The van der Waals surface area contributed by atoms with Gasteiger partial charge in [0.05, 0.1) is 24.5 Å². The average molecular weight is 415 g/mol. The van der Waals surface area contributed by atoms with E-state index >= 15 is 0 Å². The first-order valence-electron chi connectivity index (χ1n) is 10.3. The van der Waals surface area contributed by atoms with Gasteiger partial charge in [-0.3, -0.25) is 9.59 Å². The lowest BCUT2D eigenvalue weighted by Crippen LogP contribution is -2.67. The predicted octanol–water partition coefficient (Wildman–Crippen LogP) is 1.41. The van der Waals surface area contributed by atoms with Crippen molar-refractivity contribution in [2.75, 3.05) is 7.11 Å². The molecule has 1 spiro atoms. The van der Waals surface area contributed by atoms with Crippen LogP contribution in [0.25, 0.3) is 0 Å². The fraction of sp³-hybridized carbons (Fsp3) is 0.545. The van der Waals surface area contributed by atoms with Crippen LogP contribution in [-0.2, 0) is 26.2 Å². The van der Waals surface area contributed by atoms with E-state index in [1.165, 1.54) is 0 Å². The van der Waals surface area contributed by atoms with Gasteiger partial charge in [0, 0.05) is 5.56 Å². The van der Waals surface area contributed by atoms with Gasteiger partial charge in [0.2, 0.25) is 0 Å². The van der Waals surface area contributed by atoms with Gasteiger partial charge in [-0.1, -0.05) is 12.5 Å². The van der Waals surface area contributed by atoms with Crippen LogP contribution < -0.4 is 15.2 Å². The van der Waals surface area contributed by atoms with Crippen molar-refractivity contribution in [3.63, 3.8) is 0 Å². The summed E-state index contributed by atoms with van der Waals surface area (Å²) in [6.45, 7) is 0. The summed E-state index contributed by atoms with van der Waals surface area (Å²) in [6, 6.07) is 2.58. The van der Waals surface area contributed by atoms with Crippen molar-refractivity contribution in [2.45, 2.75) is 61.7 Å². The second-order valence-electron chi connectivity index (χ2n) is 8.75. The highest BCUT2D eigenvalue weighted by atomic mass is 16.6. The molecule has 1 aromatic carbocycles. The maximum Gasteiger partial charge on any atom is 0.321 e. The topological polar surface area (TPSA) is 128 Å². The number of hydrogen-bond acceptors (Lipinski definition) is 7. The number of hydrogen-bond donors (Lipinski definition) is 3. The molecule has 1 saturated carbocycles. The number of methoxy groups -OCH3 is 1. The second-order valence-corrected chi connectivity index (χ2v) is 8.75. The Labute approximate surface area is 173 Å². The number of rotatable bonds is 5. The monoisotopic (exact) mass is 415 g/mol. The van der Waals surface area contributed by atoms with E-state index in [1.807, 2.05) is 12.1 Å². The molecule has 160 valence electrons. The van der Waals surface area contributed by atoms with E-state index in [4.69, 9.17) is 25.1 Å². The van der Waals surface area contributed by atoms with Crippen LogP contribution in [0.5, 0.6) is 11.5 Å². The minimum absolute atomic E-state index is 0.0955. The molecule has 3 aliphatic carbocycles. The van der Waals surface area contributed by atoms with Crippen molar-refractivity contribution in [2.24, 2.45) is 11.7 Å². The molecule has 1 fully saturated rings. The SMILES string of the molecule is COc1ccc2c3c1O[C@@H]1C(OC(=O)C[C@H](N)C(=O)O)=CC[C@]4(O)[C@@H](CCC[C@@]314)C2. The Morgan fingerprint density at radius 1 is 1.40 bits per heavy atom. The third-order valence-electron chi connectivity index (χ3n) is 7.40. The van der Waals surface area contributed by atoms with Gasteiger partial charge in [0.1, 0.15) is 11.8 Å². The molecular weight excluding hydrogens is 390 g/mol. The summed E-state index contributed by atoms with van der Waals surface area (Å²) in [5, 5.41) is 20.9. The van der Waals surface area contributed by atoms with Gasteiger partial charge < -0.3 is 30.2 Å². The molecule has 0 unspecified atom stereocenters. The van der Waals surface area contributed by atoms with Gasteiger partial charge in [0.15, 0.2) is 17.6 Å². The lowest BCUT2D eigenvalue weighted by Gasteiger charge is -2.59. The number of carboxylic acids is 1. The first kappa shape index (κ1) is 19.4. The number of carboxylic acid groups (broad SMARTS) is 1. The van der Waals surface area contributed by atoms with Crippen molar-refractivity contribution in [1.29, 1.82) is 0 Å². The molecule has 1 aliphatic heterocycles. The first-order valence-corrected chi connectivity index (χ1v) is 10.3. The summed E-state index contributed by atoms with van der Waals surface area (Å²) in [6.07, 6.45) is 4.31. The lowest BCUT2D eigenvalue weighted by atomic mass is 9.47. The van der Waals surface area contributed by atoms with Crippen molar-refractivity contribution in [3.8, 4) is 11.5 Å².